The molecule has 0 aliphatic heterocycles. The minimum atomic E-state index is -2.73. The van der Waals surface area contributed by atoms with Gasteiger partial charge in [0, 0.05) is 12.0 Å². The molecule has 0 amide bonds. The Balaban J connectivity index is 2.56. The molecule has 1 N–H and O–H groups in total. The summed E-state index contributed by atoms with van der Waals surface area (Å²) in [5.41, 5.74) is 0. The van der Waals surface area contributed by atoms with Gasteiger partial charge in [-0.3, -0.25) is 4.57 Å². The first-order valence-corrected chi connectivity index (χ1v) is 8.74. The van der Waals surface area contributed by atoms with Crippen LogP contribution in [-0.2, 0) is 9.09 Å². The summed E-state index contributed by atoms with van der Waals surface area (Å²) in [5.74, 6) is 0.529. The number of rotatable bonds is 7. The van der Waals surface area contributed by atoms with E-state index in [-0.39, 0.29) is 12.0 Å². The lowest BCUT2D eigenvalue weighted by atomic mass is 9.96. The number of alkyl halides is 1. The maximum atomic E-state index is 12.6. The smallest absolute Gasteiger partial charge is 0.206 e. The topological polar surface area (TPSA) is 46.5 Å². The van der Waals surface area contributed by atoms with Gasteiger partial charge in [-0.05, 0) is 32.1 Å². The molecule has 0 aromatic heterocycles. The van der Waals surface area contributed by atoms with Gasteiger partial charge < -0.3 is 9.63 Å². The van der Waals surface area contributed by atoms with Gasteiger partial charge in [0.15, 0.2) is 0 Å². The van der Waals surface area contributed by atoms with Crippen LogP contribution in [-0.4, -0.2) is 36.0 Å². The maximum Gasteiger partial charge on any atom is 0.206 e. The number of hydrogen-bond acceptors (Lipinski definition) is 3. The van der Waals surface area contributed by atoms with E-state index in [0.29, 0.717) is 18.7 Å². The molecule has 1 rings (SSSR count). The summed E-state index contributed by atoms with van der Waals surface area (Å²) in [6, 6.07) is 0. The summed E-state index contributed by atoms with van der Waals surface area (Å²) in [6.45, 7) is 2.26. The molecule has 0 aromatic rings. The van der Waals surface area contributed by atoms with E-state index in [1.807, 2.05) is 6.92 Å². The fraction of sp³-hybridized carbons (Fsp3) is 0.833. The number of hydrogen-bond donors (Lipinski definition) is 1. The van der Waals surface area contributed by atoms with Crippen LogP contribution in [0.5, 0.6) is 0 Å². The third kappa shape index (κ3) is 5.56. The highest BCUT2D eigenvalue weighted by Gasteiger charge is 2.29. The second kappa shape index (κ2) is 7.58. The zero-order valence-electron chi connectivity index (χ0n) is 10.3. The van der Waals surface area contributed by atoms with E-state index < -0.39 is 13.5 Å². The molecule has 1 aliphatic carbocycles. The Hall–Kier alpha value is 0.180. The summed E-state index contributed by atoms with van der Waals surface area (Å²) in [5, 5.41) is 9.55. The lowest BCUT2D eigenvalue weighted by Gasteiger charge is -2.25. The molecule has 5 heteroatoms. The normalized spacial score (nSPS) is 25.5. The molecule has 0 bridgehead atoms. The van der Waals surface area contributed by atoms with Crippen molar-refractivity contribution < 1.29 is 14.2 Å². The van der Waals surface area contributed by atoms with Crippen LogP contribution in [0.15, 0.2) is 12.2 Å². The van der Waals surface area contributed by atoms with E-state index in [2.05, 4.69) is 12.2 Å². The fourth-order valence-electron chi connectivity index (χ4n) is 2.20. The maximum absolute atomic E-state index is 12.6. The van der Waals surface area contributed by atoms with Crippen molar-refractivity contribution in [2.75, 3.05) is 24.8 Å². The monoisotopic (exact) mass is 280 g/mol. The lowest BCUT2D eigenvalue weighted by Crippen LogP contribution is -2.20. The van der Waals surface area contributed by atoms with Gasteiger partial charge in [0.25, 0.3) is 0 Å². The van der Waals surface area contributed by atoms with Gasteiger partial charge in [-0.15, -0.1) is 11.6 Å². The molecule has 17 heavy (non-hydrogen) atoms. The van der Waals surface area contributed by atoms with Gasteiger partial charge in [0.1, 0.15) is 0 Å². The van der Waals surface area contributed by atoms with Crippen molar-refractivity contribution in [2.45, 2.75) is 32.3 Å². The van der Waals surface area contributed by atoms with Crippen LogP contribution >= 0.6 is 19.0 Å². The van der Waals surface area contributed by atoms with Crippen LogP contribution in [0.4, 0.5) is 0 Å². The molecule has 1 aliphatic rings. The molecule has 0 aromatic carbocycles. The van der Waals surface area contributed by atoms with Gasteiger partial charge in [-0.1, -0.05) is 12.2 Å². The Bertz CT molecular complexity index is 293. The molecule has 3 nitrogen and oxygen atoms in total. The molecule has 0 heterocycles. The summed E-state index contributed by atoms with van der Waals surface area (Å²) < 4.78 is 18.0. The molecule has 0 saturated heterocycles. The first-order valence-electron chi connectivity index (χ1n) is 6.21. The van der Waals surface area contributed by atoms with Gasteiger partial charge in [0.2, 0.25) is 7.37 Å². The number of allylic oxidation sites excluding steroid dienone is 2. The highest BCUT2D eigenvalue weighted by Crippen LogP contribution is 2.50. The molecule has 0 radical (unpaired) electrons. The van der Waals surface area contributed by atoms with Crippen LogP contribution < -0.4 is 0 Å². The van der Waals surface area contributed by atoms with Crippen molar-refractivity contribution in [3.05, 3.63) is 12.2 Å². The molecular weight excluding hydrogens is 259 g/mol. The minimum absolute atomic E-state index is 0.113. The van der Waals surface area contributed by atoms with Gasteiger partial charge >= 0.3 is 0 Å². The first kappa shape index (κ1) is 15.2. The Morgan fingerprint density at radius 2 is 2.35 bits per heavy atom. The molecule has 0 fully saturated rings. The van der Waals surface area contributed by atoms with E-state index in [4.69, 9.17) is 16.1 Å². The Morgan fingerprint density at radius 1 is 1.59 bits per heavy atom. The SMILES string of the molecule is CCOP(=O)(CC(O)CCl)CC1CC=CCC1. The van der Waals surface area contributed by atoms with Gasteiger partial charge in [-0.2, -0.15) is 0 Å². The van der Waals surface area contributed by atoms with E-state index in [9.17, 15) is 9.67 Å². The lowest BCUT2D eigenvalue weighted by molar-refractivity contribution is 0.212. The Kier molecular flexibility index (Phi) is 6.79. The van der Waals surface area contributed by atoms with Gasteiger partial charge in [-0.25, -0.2) is 0 Å². The number of aliphatic hydroxyl groups is 1. The standard InChI is InChI=1S/C12H22ClO3P/c1-2-16-17(15,10-12(14)8-13)9-11-6-4-3-5-7-11/h3-4,11-12,14H,2,5-10H2,1H3. The van der Waals surface area contributed by atoms with Crippen molar-refractivity contribution >= 4 is 19.0 Å². The summed E-state index contributed by atoms with van der Waals surface area (Å²) in [7, 11) is -2.73. The zero-order chi connectivity index (χ0) is 12.7. The minimum Gasteiger partial charge on any atom is -0.391 e. The van der Waals surface area contributed by atoms with Crippen molar-refractivity contribution in [1.29, 1.82) is 0 Å². The van der Waals surface area contributed by atoms with E-state index >= 15 is 0 Å². The Labute approximate surface area is 109 Å². The summed E-state index contributed by atoms with van der Waals surface area (Å²) in [6.07, 6.45) is 7.41. The highest BCUT2D eigenvalue weighted by atomic mass is 35.5. The van der Waals surface area contributed by atoms with E-state index in [0.717, 1.165) is 19.3 Å². The van der Waals surface area contributed by atoms with Crippen LogP contribution in [0.2, 0.25) is 0 Å². The van der Waals surface area contributed by atoms with Crippen LogP contribution in [0, 0.1) is 5.92 Å². The van der Waals surface area contributed by atoms with Crippen molar-refractivity contribution in [2.24, 2.45) is 5.92 Å². The fourth-order valence-corrected chi connectivity index (χ4v) is 5.18. The van der Waals surface area contributed by atoms with Crippen molar-refractivity contribution in [3.63, 3.8) is 0 Å². The molecule has 0 saturated carbocycles. The molecule has 0 spiro atoms. The second-order valence-electron chi connectivity index (χ2n) is 4.56. The predicted molar refractivity (Wildman–Crippen MR) is 72.2 cm³/mol. The summed E-state index contributed by atoms with van der Waals surface area (Å²) in [4.78, 5) is 0. The van der Waals surface area contributed by atoms with E-state index in [1.54, 1.807) is 0 Å². The average Bonchev–Trinajstić information content (AvgIpc) is 2.30. The van der Waals surface area contributed by atoms with E-state index in [1.165, 1.54) is 0 Å². The van der Waals surface area contributed by atoms with Crippen molar-refractivity contribution in [3.8, 4) is 0 Å². The largest absolute Gasteiger partial charge is 0.391 e. The molecule has 3 unspecified atom stereocenters. The number of aliphatic hydroxyl groups excluding tert-OH is 1. The third-order valence-electron chi connectivity index (χ3n) is 2.95. The van der Waals surface area contributed by atoms with Gasteiger partial charge in [0.05, 0.1) is 18.9 Å². The third-order valence-corrected chi connectivity index (χ3v) is 6.08. The quantitative estimate of drug-likeness (QED) is 0.442. The first-order chi connectivity index (χ1) is 8.09. The summed E-state index contributed by atoms with van der Waals surface area (Å²) >= 11 is 5.56. The zero-order valence-corrected chi connectivity index (χ0v) is 12.0. The predicted octanol–water partition coefficient (Wildman–Crippen LogP) is 3.26. The highest BCUT2D eigenvalue weighted by molar-refractivity contribution is 7.59. The molecule has 3 atom stereocenters. The Morgan fingerprint density at radius 3 is 2.88 bits per heavy atom. The van der Waals surface area contributed by atoms with Crippen molar-refractivity contribution in [1.82, 2.24) is 0 Å². The average molecular weight is 281 g/mol. The number of halogens is 1. The molecular formula is C12H22ClO3P. The van der Waals surface area contributed by atoms with Crippen LogP contribution in [0.3, 0.4) is 0 Å². The second-order valence-corrected chi connectivity index (χ2v) is 7.48. The van der Waals surface area contributed by atoms with Crippen LogP contribution in [0.25, 0.3) is 0 Å². The molecule has 100 valence electrons. The van der Waals surface area contributed by atoms with Crippen LogP contribution in [0.1, 0.15) is 26.2 Å².